The fraction of sp³-hybridized carbons (Fsp3) is 0.125. The van der Waals surface area contributed by atoms with Gasteiger partial charge in [-0.3, -0.25) is 0 Å². The Hall–Kier alpha value is -5.03. The van der Waals surface area contributed by atoms with Crippen molar-refractivity contribution in [2.75, 3.05) is 7.11 Å². The number of benzene rings is 7. The third-order valence-electron chi connectivity index (χ3n) is 10.1. The summed E-state index contributed by atoms with van der Waals surface area (Å²) in [5.41, 5.74) is 4.07. The molecule has 0 saturated carbocycles. The Kier molecular flexibility index (Phi) is 12.9. The zero-order chi connectivity index (χ0) is 41.7. The molecule has 0 aliphatic rings. The van der Waals surface area contributed by atoms with Gasteiger partial charge in [0.05, 0.1) is 21.8 Å². The largest absolute Gasteiger partial charge is 0.496 e. The summed E-state index contributed by atoms with van der Waals surface area (Å²) in [5, 5.41) is 5.78. The molecule has 5 nitrogen and oxygen atoms in total. The number of hydrogen-bond donors (Lipinski definition) is 0. The van der Waals surface area contributed by atoms with Crippen molar-refractivity contribution in [1.82, 2.24) is 0 Å². The monoisotopic (exact) mass is 880 g/mol. The van der Waals surface area contributed by atoms with E-state index >= 15 is 0 Å². The second kappa shape index (κ2) is 18.1. The van der Waals surface area contributed by atoms with E-state index in [1.807, 2.05) is 85.8 Å². The minimum Gasteiger partial charge on any atom is -0.496 e. The highest BCUT2D eigenvalue weighted by Crippen LogP contribution is 2.36. The molecule has 0 radical (unpaired) electrons. The molecule has 0 fully saturated rings. The number of sulfone groups is 2. The SMILES string of the molecule is COc1ccccc1CCc1ccc2ccc(C)cc2c1S(=O)(=O)c1cccs1.O=S(=O)(c1ccc(Cl)cc1)c1c(CCc2ccc(Cl)cc2F)ccc2ccccc12. The summed E-state index contributed by atoms with van der Waals surface area (Å²) >= 11 is 13.0. The van der Waals surface area contributed by atoms with Gasteiger partial charge in [0.2, 0.25) is 19.7 Å². The molecule has 0 N–H and O–H groups in total. The average molecular weight is 882 g/mol. The minimum atomic E-state index is -3.81. The highest BCUT2D eigenvalue weighted by Gasteiger charge is 2.26. The first-order valence-electron chi connectivity index (χ1n) is 18.7. The Morgan fingerprint density at radius 3 is 1.81 bits per heavy atom. The predicted octanol–water partition coefficient (Wildman–Crippen LogP) is 12.7. The van der Waals surface area contributed by atoms with Crippen molar-refractivity contribution < 1.29 is 26.0 Å². The van der Waals surface area contributed by atoms with Gasteiger partial charge in [0.1, 0.15) is 15.8 Å². The summed E-state index contributed by atoms with van der Waals surface area (Å²) < 4.78 is 74.3. The van der Waals surface area contributed by atoms with Gasteiger partial charge in [-0.05, 0) is 120 Å². The average Bonchev–Trinajstić information content (AvgIpc) is 3.79. The predicted molar refractivity (Wildman–Crippen MR) is 239 cm³/mol. The normalized spacial score (nSPS) is 11.7. The molecule has 0 atom stereocenters. The molecule has 300 valence electrons. The number of rotatable bonds is 11. The second-order valence-corrected chi connectivity index (χ2v) is 19.8. The minimum absolute atomic E-state index is 0.169. The van der Waals surface area contributed by atoms with E-state index in [2.05, 4.69) is 0 Å². The molecule has 8 rings (SSSR count). The van der Waals surface area contributed by atoms with E-state index in [0.717, 1.165) is 38.6 Å². The van der Waals surface area contributed by atoms with Crippen LogP contribution >= 0.6 is 34.5 Å². The summed E-state index contributed by atoms with van der Waals surface area (Å²) in [7, 11) is -5.75. The van der Waals surface area contributed by atoms with Gasteiger partial charge in [-0.25, -0.2) is 21.2 Å². The van der Waals surface area contributed by atoms with Crippen LogP contribution in [0.4, 0.5) is 4.39 Å². The molecule has 0 amide bonds. The molecule has 59 heavy (non-hydrogen) atoms. The van der Waals surface area contributed by atoms with Crippen molar-refractivity contribution >= 4 is 75.8 Å². The van der Waals surface area contributed by atoms with Crippen LogP contribution in [0.1, 0.15) is 27.8 Å². The van der Waals surface area contributed by atoms with E-state index in [9.17, 15) is 21.2 Å². The molecule has 11 heteroatoms. The third kappa shape index (κ3) is 9.25. The Balaban J connectivity index is 0.000000179. The van der Waals surface area contributed by atoms with Gasteiger partial charge in [0.15, 0.2) is 0 Å². The first-order valence-corrected chi connectivity index (χ1v) is 23.3. The van der Waals surface area contributed by atoms with Crippen LogP contribution in [0.25, 0.3) is 21.5 Å². The van der Waals surface area contributed by atoms with Crippen molar-refractivity contribution in [3.63, 3.8) is 0 Å². The van der Waals surface area contributed by atoms with E-state index in [1.54, 1.807) is 61.0 Å². The van der Waals surface area contributed by atoms with Gasteiger partial charge >= 0.3 is 0 Å². The van der Waals surface area contributed by atoms with E-state index in [4.69, 9.17) is 27.9 Å². The maximum absolute atomic E-state index is 14.2. The van der Waals surface area contributed by atoms with Gasteiger partial charge < -0.3 is 4.74 Å². The van der Waals surface area contributed by atoms with Gasteiger partial charge in [0, 0.05) is 20.8 Å². The van der Waals surface area contributed by atoms with Crippen LogP contribution in [0.15, 0.2) is 170 Å². The number of hydrogen-bond acceptors (Lipinski definition) is 6. The van der Waals surface area contributed by atoms with Crippen molar-refractivity contribution in [2.24, 2.45) is 0 Å². The van der Waals surface area contributed by atoms with E-state index in [1.165, 1.54) is 29.5 Å². The molecule has 0 bridgehead atoms. The Labute approximate surface area is 358 Å². The number of para-hydroxylation sites is 1. The van der Waals surface area contributed by atoms with Crippen LogP contribution in [-0.2, 0) is 45.4 Å². The lowest BCUT2D eigenvalue weighted by Crippen LogP contribution is -2.08. The zero-order valence-electron chi connectivity index (χ0n) is 32.2. The Bertz CT molecular complexity index is 3000. The molecular formula is C48H39Cl2FO5S3. The highest BCUT2D eigenvalue weighted by molar-refractivity contribution is 7.93. The molecular weight excluding hydrogens is 843 g/mol. The number of halogens is 3. The highest BCUT2D eigenvalue weighted by atomic mass is 35.5. The number of fused-ring (bicyclic) bond motifs is 2. The zero-order valence-corrected chi connectivity index (χ0v) is 36.1. The number of ether oxygens (including phenoxy) is 1. The van der Waals surface area contributed by atoms with E-state index in [0.29, 0.717) is 61.3 Å². The van der Waals surface area contributed by atoms with E-state index < -0.39 is 25.5 Å². The van der Waals surface area contributed by atoms with Crippen LogP contribution in [-0.4, -0.2) is 23.9 Å². The lowest BCUT2D eigenvalue weighted by atomic mass is 9.99. The summed E-state index contributed by atoms with van der Waals surface area (Å²) in [6.07, 6.45) is 2.04. The summed E-state index contributed by atoms with van der Waals surface area (Å²) in [6.45, 7) is 1.99. The summed E-state index contributed by atoms with van der Waals surface area (Å²) in [6, 6.07) is 43.0. The third-order valence-corrected chi connectivity index (χ3v) is 15.8. The quantitative estimate of drug-likeness (QED) is 0.129. The standard InChI is InChI=1S/C24H17Cl2FO2S.C24H22O3S2/c25-19-11-13-21(14-12-19)30(28,29)24-18(7-5-16-3-1-2-4-22(16)24)8-6-17-9-10-20(26)15-23(17)27;1-17-9-10-18-11-13-20(14-12-19-6-3-4-7-22(19)27-2)24(21(18)16-17)29(25,26)23-8-5-15-28-23/h1-5,7,9-15H,6,8H2;3-11,13,15-16H,12,14H2,1-2H3. The van der Waals surface area contributed by atoms with Crippen molar-refractivity contribution in [1.29, 1.82) is 0 Å². The van der Waals surface area contributed by atoms with Crippen molar-refractivity contribution in [3.05, 3.63) is 195 Å². The molecule has 0 spiro atoms. The summed E-state index contributed by atoms with van der Waals surface area (Å²) in [5.74, 6) is 0.428. The fourth-order valence-corrected chi connectivity index (χ4v) is 12.0. The van der Waals surface area contributed by atoms with Crippen molar-refractivity contribution in [3.8, 4) is 5.75 Å². The maximum Gasteiger partial charge on any atom is 0.216 e. The van der Waals surface area contributed by atoms with Crippen LogP contribution in [0, 0.1) is 12.7 Å². The lowest BCUT2D eigenvalue weighted by Gasteiger charge is -2.15. The van der Waals surface area contributed by atoms with E-state index in [-0.39, 0.29) is 9.79 Å². The van der Waals surface area contributed by atoms with Gasteiger partial charge in [-0.2, -0.15) is 0 Å². The topological polar surface area (TPSA) is 77.5 Å². The lowest BCUT2D eigenvalue weighted by molar-refractivity contribution is 0.409. The Morgan fingerprint density at radius 1 is 0.559 bits per heavy atom. The molecule has 7 aromatic carbocycles. The maximum atomic E-state index is 14.2. The Morgan fingerprint density at radius 2 is 1.14 bits per heavy atom. The number of thiophene rings is 1. The smallest absolute Gasteiger partial charge is 0.216 e. The molecule has 0 saturated heterocycles. The number of methoxy groups -OCH3 is 1. The number of aryl methyl sites for hydroxylation is 5. The molecule has 1 heterocycles. The molecule has 0 aliphatic heterocycles. The van der Waals surface area contributed by atoms with Crippen LogP contribution in [0.2, 0.25) is 10.0 Å². The molecule has 1 aromatic heterocycles. The summed E-state index contributed by atoms with van der Waals surface area (Å²) in [4.78, 5) is 0.843. The second-order valence-electron chi connectivity index (χ2n) is 14.0. The van der Waals surface area contributed by atoms with Crippen molar-refractivity contribution in [2.45, 2.75) is 51.5 Å². The van der Waals surface area contributed by atoms with Gasteiger partial charge in [-0.15, -0.1) is 11.3 Å². The molecule has 0 unspecified atom stereocenters. The van der Waals surface area contributed by atoms with Gasteiger partial charge in [-0.1, -0.05) is 126 Å². The first-order chi connectivity index (χ1) is 28.4. The first kappa shape index (κ1) is 42.1. The molecule has 0 aliphatic carbocycles. The fourth-order valence-electron chi connectivity index (χ4n) is 7.19. The van der Waals surface area contributed by atoms with Crippen LogP contribution < -0.4 is 4.74 Å². The van der Waals surface area contributed by atoms with Crippen LogP contribution in [0.5, 0.6) is 5.75 Å². The van der Waals surface area contributed by atoms with Gasteiger partial charge in [0.25, 0.3) is 0 Å². The van der Waals surface area contributed by atoms with Crippen LogP contribution in [0.3, 0.4) is 0 Å². The molecule has 8 aromatic rings.